The fourth-order valence-corrected chi connectivity index (χ4v) is 0.572. The van der Waals surface area contributed by atoms with Crippen LogP contribution in [0.3, 0.4) is 0 Å². The monoisotopic (exact) mass is 83.1 g/mol. The summed E-state index contributed by atoms with van der Waals surface area (Å²) >= 11 is 0. The summed E-state index contributed by atoms with van der Waals surface area (Å²) in [6.45, 7) is 0.913. The van der Waals surface area contributed by atoms with Crippen LogP contribution in [0.4, 0.5) is 0 Å². The first-order valence-electron chi connectivity index (χ1n) is 2.23. The van der Waals surface area contributed by atoms with E-state index in [1.807, 2.05) is 12.9 Å². The molecule has 0 bridgehead atoms. The minimum absolute atomic E-state index is 0.913. The maximum Gasteiger partial charge on any atom is 0.222 e. The largest absolute Gasteiger partial charge is 0.323 e. The maximum absolute atomic E-state index is 4.99. The molecule has 1 aliphatic heterocycles. The summed E-state index contributed by atoms with van der Waals surface area (Å²) in [4.78, 5) is 6.85. The highest BCUT2D eigenvalue weighted by atomic mass is 16.7. The molecule has 1 saturated heterocycles. The third-order valence-electron chi connectivity index (χ3n) is 0.929. The SMILES string of the molecule is BN1BCCO1. The van der Waals surface area contributed by atoms with Crippen molar-refractivity contribution in [2.75, 3.05) is 6.61 Å². The molecule has 4 heteroatoms. The number of hydrogen-bond acceptors (Lipinski definition) is 2. The smallest absolute Gasteiger partial charge is 0.222 e. The Bertz CT molecular complexity index is 44.8. The summed E-state index contributed by atoms with van der Waals surface area (Å²) in [5.41, 5.74) is 0. The average molecular weight is 82.7 g/mol. The van der Waals surface area contributed by atoms with E-state index in [-0.39, 0.29) is 0 Å². The second-order valence-corrected chi connectivity index (χ2v) is 1.54. The summed E-state index contributed by atoms with van der Waals surface area (Å²) in [5, 5.41) is 0. The molecule has 0 spiro atoms. The Labute approximate surface area is 39.1 Å². The van der Waals surface area contributed by atoms with Crippen molar-refractivity contribution >= 4 is 15.4 Å². The van der Waals surface area contributed by atoms with E-state index >= 15 is 0 Å². The van der Waals surface area contributed by atoms with Gasteiger partial charge in [0.2, 0.25) is 15.4 Å². The van der Waals surface area contributed by atoms with Crippen molar-refractivity contribution in [1.82, 2.24) is 4.89 Å². The molecule has 0 unspecified atom stereocenters. The van der Waals surface area contributed by atoms with Crippen molar-refractivity contribution in [3.8, 4) is 0 Å². The summed E-state index contributed by atoms with van der Waals surface area (Å²) in [5.74, 6) is 0. The minimum atomic E-state index is 0.913. The van der Waals surface area contributed by atoms with Gasteiger partial charge in [-0.2, -0.15) is 0 Å². The van der Waals surface area contributed by atoms with Crippen molar-refractivity contribution in [3.63, 3.8) is 0 Å². The molecule has 1 rings (SSSR count). The van der Waals surface area contributed by atoms with Gasteiger partial charge in [0.05, 0.1) is 6.61 Å². The van der Waals surface area contributed by atoms with Crippen molar-refractivity contribution in [1.29, 1.82) is 0 Å². The highest BCUT2D eigenvalue weighted by Gasteiger charge is 2.06. The van der Waals surface area contributed by atoms with Crippen LogP contribution in [0.15, 0.2) is 0 Å². The Kier molecular flexibility index (Phi) is 1.17. The van der Waals surface area contributed by atoms with Crippen LogP contribution in [0.5, 0.6) is 0 Å². The predicted octanol–water partition coefficient (Wildman–Crippen LogP) is -1.45. The Balaban J connectivity index is 2.18. The van der Waals surface area contributed by atoms with Gasteiger partial charge in [0.1, 0.15) is 0 Å². The minimum Gasteiger partial charge on any atom is -0.323 e. The number of rotatable bonds is 0. The number of hydrogen-bond donors (Lipinski definition) is 0. The molecular weight excluding hydrogens is 75.7 g/mol. The molecule has 0 aromatic heterocycles. The van der Waals surface area contributed by atoms with Gasteiger partial charge in [-0.3, -0.25) is 4.89 Å². The molecule has 1 heterocycles. The summed E-state index contributed by atoms with van der Waals surface area (Å²) in [7, 11) is 3.05. The lowest BCUT2D eigenvalue weighted by Crippen LogP contribution is -2.14. The Hall–Kier alpha value is 0.0499. The Morgan fingerprint density at radius 3 is 2.83 bits per heavy atom. The third-order valence-corrected chi connectivity index (χ3v) is 0.929. The molecule has 0 amide bonds. The van der Waals surface area contributed by atoms with E-state index in [9.17, 15) is 0 Å². The zero-order valence-corrected chi connectivity index (χ0v) is 3.98. The van der Waals surface area contributed by atoms with E-state index in [4.69, 9.17) is 4.84 Å². The van der Waals surface area contributed by atoms with E-state index in [2.05, 4.69) is 0 Å². The van der Waals surface area contributed by atoms with Crippen LogP contribution in [-0.2, 0) is 4.84 Å². The average Bonchev–Trinajstić information content (AvgIpc) is 1.86. The molecule has 0 aromatic rings. The van der Waals surface area contributed by atoms with Gasteiger partial charge in [-0.15, -0.1) is 0 Å². The van der Waals surface area contributed by atoms with E-state index in [0.717, 1.165) is 14.0 Å². The normalized spacial score (nSPS) is 24.0. The summed E-state index contributed by atoms with van der Waals surface area (Å²) < 4.78 is 0. The molecule has 0 aromatic carbocycles. The zero-order chi connectivity index (χ0) is 4.41. The van der Waals surface area contributed by atoms with Crippen LogP contribution < -0.4 is 0 Å². The standard InChI is InChI=1S/C2H7B2NO/c3-5-4-1-2-6-5/h4H,1-3H2. The maximum atomic E-state index is 4.99. The predicted molar refractivity (Wildman–Crippen MR) is 28.3 cm³/mol. The first kappa shape index (κ1) is 4.22. The van der Waals surface area contributed by atoms with Crippen LogP contribution in [0.2, 0.25) is 6.32 Å². The molecule has 6 heavy (non-hydrogen) atoms. The zero-order valence-electron chi connectivity index (χ0n) is 3.98. The molecule has 0 saturated carbocycles. The van der Waals surface area contributed by atoms with Gasteiger partial charge in [-0.05, 0) is 6.32 Å². The summed E-state index contributed by atoms with van der Waals surface area (Å²) in [6.07, 6.45) is 1.19. The first-order chi connectivity index (χ1) is 2.89. The highest BCUT2D eigenvalue weighted by Crippen LogP contribution is 1.95. The lowest BCUT2D eigenvalue weighted by molar-refractivity contribution is 0.0145. The van der Waals surface area contributed by atoms with Crippen LogP contribution in [-0.4, -0.2) is 26.9 Å². The van der Waals surface area contributed by atoms with Gasteiger partial charge >= 0.3 is 0 Å². The van der Waals surface area contributed by atoms with Gasteiger partial charge in [-0.25, -0.2) is 0 Å². The molecule has 1 fully saturated rings. The lowest BCUT2D eigenvalue weighted by Gasteiger charge is -2.01. The third kappa shape index (κ3) is 0.758. The highest BCUT2D eigenvalue weighted by molar-refractivity contribution is 6.41. The van der Waals surface area contributed by atoms with Crippen LogP contribution >= 0.6 is 0 Å². The van der Waals surface area contributed by atoms with Crippen molar-refractivity contribution in [2.24, 2.45) is 0 Å². The quantitative estimate of drug-likeness (QED) is 0.332. The van der Waals surface area contributed by atoms with E-state index in [1.54, 1.807) is 0 Å². The molecule has 0 atom stereocenters. The topological polar surface area (TPSA) is 12.5 Å². The van der Waals surface area contributed by atoms with Crippen LogP contribution in [0.25, 0.3) is 0 Å². The van der Waals surface area contributed by atoms with E-state index < -0.39 is 0 Å². The molecule has 32 valence electrons. The molecule has 0 N–H and O–H groups in total. The van der Waals surface area contributed by atoms with Gasteiger partial charge in [0.15, 0.2) is 0 Å². The first-order valence-corrected chi connectivity index (χ1v) is 2.23. The lowest BCUT2D eigenvalue weighted by atomic mass is 9.88. The molecule has 1 aliphatic rings. The second kappa shape index (κ2) is 1.67. The Morgan fingerprint density at radius 2 is 2.67 bits per heavy atom. The van der Waals surface area contributed by atoms with Gasteiger partial charge < -0.3 is 4.84 Å². The van der Waals surface area contributed by atoms with E-state index in [1.165, 1.54) is 6.32 Å². The van der Waals surface area contributed by atoms with Crippen LogP contribution in [0, 0.1) is 0 Å². The fraction of sp³-hybridized carbons (Fsp3) is 1.00. The van der Waals surface area contributed by atoms with Crippen molar-refractivity contribution in [3.05, 3.63) is 0 Å². The molecule has 2 nitrogen and oxygen atoms in total. The van der Waals surface area contributed by atoms with Crippen LogP contribution in [0.1, 0.15) is 0 Å². The Morgan fingerprint density at radius 1 is 1.83 bits per heavy atom. The van der Waals surface area contributed by atoms with Gasteiger partial charge in [0.25, 0.3) is 0 Å². The second-order valence-electron chi connectivity index (χ2n) is 1.54. The molecule has 0 aliphatic carbocycles. The molecular formula is C2H7B2NO. The number of nitrogens with zero attached hydrogens (tertiary/aromatic N) is 1. The van der Waals surface area contributed by atoms with E-state index in [0.29, 0.717) is 0 Å². The van der Waals surface area contributed by atoms with Crippen molar-refractivity contribution < 1.29 is 4.84 Å². The van der Waals surface area contributed by atoms with Gasteiger partial charge in [0, 0.05) is 0 Å². The summed E-state index contributed by atoms with van der Waals surface area (Å²) in [6, 6.07) is 0. The molecule has 0 radical (unpaired) electrons. The van der Waals surface area contributed by atoms with Gasteiger partial charge in [-0.1, -0.05) is 0 Å². The van der Waals surface area contributed by atoms with Crippen molar-refractivity contribution in [2.45, 2.75) is 6.32 Å². The fourth-order valence-electron chi connectivity index (χ4n) is 0.572.